The van der Waals surface area contributed by atoms with Crippen LogP contribution in [0.25, 0.3) is 10.9 Å². The first kappa shape index (κ1) is 13.0. The van der Waals surface area contributed by atoms with Crippen LogP contribution in [0, 0.1) is 0 Å². The molecule has 96 valence electrons. The van der Waals surface area contributed by atoms with Gasteiger partial charge in [0.2, 0.25) is 0 Å². The predicted octanol–water partition coefficient (Wildman–Crippen LogP) is 3.77. The summed E-state index contributed by atoms with van der Waals surface area (Å²) in [5.41, 5.74) is 1.56. The Balaban J connectivity index is 2.51. The molecule has 1 heterocycles. The number of hydrogen-bond donors (Lipinski definition) is 1. The maximum absolute atomic E-state index is 12.0. The Kier molecular flexibility index (Phi) is 3.92. The molecule has 0 aliphatic rings. The fraction of sp³-hybridized carbons (Fsp3) is 0.357. The molecule has 3 nitrogen and oxygen atoms in total. The van der Waals surface area contributed by atoms with Gasteiger partial charge >= 0.3 is 0 Å². The lowest BCUT2D eigenvalue weighted by Crippen LogP contribution is -2.06. The molecule has 1 N–H and O–H groups in total. The fourth-order valence-corrected chi connectivity index (χ4v) is 2.12. The number of Topliss-reactive ketones (excluding diaryl/α,β-unsaturated/α-hetero) is 1. The van der Waals surface area contributed by atoms with Crippen LogP contribution >= 0.6 is 11.6 Å². The highest BCUT2D eigenvalue weighted by Gasteiger charge is 2.15. The van der Waals surface area contributed by atoms with E-state index in [-0.39, 0.29) is 11.9 Å². The number of hydrogen-bond acceptors (Lipinski definition) is 2. The Morgan fingerprint density at radius 1 is 1.44 bits per heavy atom. The second-order valence-corrected chi connectivity index (χ2v) is 4.79. The van der Waals surface area contributed by atoms with Crippen LogP contribution in [0.15, 0.2) is 24.4 Å². The van der Waals surface area contributed by atoms with Crippen LogP contribution in [-0.2, 0) is 0 Å². The average Bonchev–Trinajstić information content (AvgIpc) is 2.73. The molecule has 2 aromatic rings. The van der Waals surface area contributed by atoms with Crippen LogP contribution in [0.1, 0.15) is 30.6 Å². The summed E-state index contributed by atoms with van der Waals surface area (Å²) in [6.07, 6.45) is 2.14. The van der Waals surface area contributed by atoms with Crippen molar-refractivity contribution in [2.24, 2.45) is 0 Å². The molecule has 0 amide bonds. The molecule has 0 spiro atoms. The van der Waals surface area contributed by atoms with Crippen molar-refractivity contribution in [1.29, 1.82) is 0 Å². The van der Waals surface area contributed by atoms with Gasteiger partial charge in [-0.25, -0.2) is 0 Å². The second kappa shape index (κ2) is 5.44. The SMILES string of the molecule is CC(C)Oc1cccc2[nH]cc(C(=O)CCCl)c12. The zero-order valence-corrected chi connectivity index (χ0v) is 11.3. The van der Waals surface area contributed by atoms with Gasteiger partial charge in [-0.2, -0.15) is 0 Å². The first-order valence-corrected chi connectivity index (χ1v) is 6.53. The number of rotatable bonds is 5. The number of carbonyl (C=O) groups excluding carboxylic acids is 1. The van der Waals surface area contributed by atoms with Crippen LogP contribution in [0.4, 0.5) is 0 Å². The molecule has 1 aromatic carbocycles. The summed E-state index contributed by atoms with van der Waals surface area (Å²) in [4.78, 5) is 15.1. The minimum absolute atomic E-state index is 0.0380. The number of benzene rings is 1. The van der Waals surface area contributed by atoms with Gasteiger partial charge < -0.3 is 9.72 Å². The van der Waals surface area contributed by atoms with Crippen LogP contribution in [-0.4, -0.2) is 22.8 Å². The average molecular weight is 266 g/mol. The van der Waals surface area contributed by atoms with Crippen molar-refractivity contribution >= 4 is 28.3 Å². The normalized spacial score (nSPS) is 11.1. The molecule has 0 unspecified atom stereocenters. The molecule has 1 aromatic heterocycles. The van der Waals surface area contributed by atoms with Gasteiger partial charge in [-0.3, -0.25) is 4.79 Å². The fourth-order valence-electron chi connectivity index (χ4n) is 1.94. The van der Waals surface area contributed by atoms with Gasteiger partial charge in [-0.05, 0) is 26.0 Å². The molecule has 0 radical (unpaired) electrons. The summed E-state index contributed by atoms with van der Waals surface area (Å²) in [7, 11) is 0. The van der Waals surface area contributed by atoms with E-state index in [1.807, 2.05) is 32.0 Å². The van der Waals surface area contributed by atoms with E-state index < -0.39 is 0 Å². The molecule has 0 saturated carbocycles. The highest BCUT2D eigenvalue weighted by molar-refractivity contribution is 6.20. The van der Waals surface area contributed by atoms with Crippen LogP contribution < -0.4 is 4.74 Å². The molecule has 4 heteroatoms. The third-order valence-corrected chi connectivity index (χ3v) is 2.84. The summed E-state index contributed by atoms with van der Waals surface area (Å²) in [6.45, 7) is 3.93. The van der Waals surface area contributed by atoms with E-state index in [1.54, 1.807) is 6.20 Å². The Morgan fingerprint density at radius 3 is 2.89 bits per heavy atom. The molecule has 18 heavy (non-hydrogen) atoms. The first-order chi connectivity index (χ1) is 8.63. The topological polar surface area (TPSA) is 42.1 Å². The van der Waals surface area contributed by atoms with Gasteiger partial charge in [0.25, 0.3) is 0 Å². The van der Waals surface area contributed by atoms with Crippen molar-refractivity contribution in [3.63, 3.8) is 0 Å². The monoisotopic (exact) mass is 265 g/mol. The van der Waals surface area contributed by atoms with Crippen molar-refractivity contribution in [2.45, 2.75) is 26.4 Å². The van der Waals surface area contributed by atoms with Gasteiger partial charge in [0.05, 0.1) is 11.5 Å². The largest absolute Gasteiger partial charge is 0.490 e. The highest BCUT2D eigenvalue weighted by atomic mass is 35.5. The molecule has 0 fully saturated rings. The third kappa shape index (κ3) is 2.51. The Labute approximate surface area is 111 Å². The lowest BCUT2D eigenvalue weighted by atomic mass is 10.1. The van der Waals surface area contributed by atoms with Crippen molar-refractivity contribution in [3.8, 4) is 5.75 Å². The van der Waals surface area contributed by atoms with E-state index in [2.05, 4.69) is 4.98 Å². The van der Waals surface area contributed by atoms with Gasteiger partial charge in [-0.15, -0.1) is 11.6 Å². The number of halogens is 1. The molecule has 0 aliphatic heterocycles. The Hall–Kier alpha value is -1.48. The van der Waals surface area contributed by atoms with Crippen molar-refractivity contribution in [1.82, 2.24) is 4.98 Å². The summed E-state index contributed by atoms with van der Waals surface area (Å²) in [5.74, 6) is 1.11. The minimum atomic E-state index is 0.0380. The highest BCUT2D eigenvalue weighted by Crippen LogP contribution is 2.30. The van der Waals surface area contributed by atoms with Gasteiger partial charge in [0.1, 0.15) is 5.75 Å². The van der Waals surface area contributed by atoms with E-state index in [0.29, 0.717) is 17.9 Å². The van der Waals surface area contributed by atoms with Crippen LogP contribution in [0.5, 0.6) is 5.75 Å². The van der Waals surface area contributed by atoms with Gasteiger partial charge in [0.15, 0.2) is 5.78 Å². The number of ketones is 1. The number of alkyl halides is 1. The van der Waals surface area contributed by atoms with Crippen LogP contribution in [0.3, 0.4) is 0 Å². The minimum Gasteiger partial charge on any atom is -0.490 e. The number of nitrogens with one attached hydrogen (secondary N) is 1. The third-order valence-electron chi connectivity index (χ3n) is 2.65. The Bertz CT molecular complexity index is 560. The van der Waals surface area contributed by atoms with E-state index in [0.717, 1.165) is 16.7 Å². The predicted molar refractivity (Wildman–Crippen MR) is 73.7 cm³/mol. The lowest BCUT2D eigenvalue weighted by molar-refractivity contribution is 0.0990. The van der Waals surface area contributed by atoms with E-state index in [1.165, 1.54) is 0 Å². The number of H-pyrrole nitrogens is 1. The lowest BCUT2D eigenvalue weighted by Gasteiger charge is -2.11. The van der Waals surface area contributed by atoms with Crippen LogP contribution in [0.2, 0.25) is 0 Å². The van der Waals surface area contributed by atoms with Crippen molar-refractivity contribution in [3.05, 3.63) is 30.0 Å². The molecular weight excluding hydrogens is 250 g/mol. The molecule has 0 atom stereocenters. The summed E-state index contributed by atoms with van der Waals surface area (Å²) >= 11 is 5.63. The maximum Gasteiger partial charge on any atom is 0.166 e. The first-order valence-electron chi connectivity index (χ1n) is 5.99. The van der Waals surface area contributed by atoms with Gasteiger partial charge in [0, 0.05) is 29.6 Å². The van der Waals surface area contributed by atoms with E-state index >= 15 is 0 Å². The summed E-state index contributed by atoms with van der Waals surface area (Å²) < 4.78 is 5.75. The van der Waals surface area contributed by atoms with Crippen molar-refractivity contribution < 1.29 is 9.53 Å². The molecule has 2 rings (SSSR count). The summed E-state index contributed by atoms with van der Waals surface area (Å²) in [6, 6.07) is 5.72. The zero-order valence-electron chi connectivity index (χ0n) is 10.5. The molecule has 0 bridgehead atoms. The number of carbonyl (C=O) groups is 1. The molecule has 0 saturated heterocycles. The van der Waals surface area contributed by atoms with Gasteiger partial charge in [-0.1, -0.05) is 6.07 Å². The maximum atomic E-state index is 12.0. The van der Waals surface area contributed by atoms with E-state index in [4.69, 9.17) is 16.3 Å². The second-order valence-electron chi connectivity index (χ2n) is 4.41. The zero-order chi connectivity index (χ0) is 13.1. The van der Waals surface area contributed by atoms with E-state index in [9.17, 15) is 4.79 Å². The smallest absolute Gasteiger partial charge is 0.166 e. The quantitative estimate of drug-likeness (QED) is 0.661. The standard InChI is InChI=1S/C14H16ClNO2/c1-9(2)18-13-5-3-4-11-14(13)10(8-16-11)12(17)6-7-15/h3-5,8-9,16H,6-7H2,1-2H3. The number of aromatic nitrogens is 1. The Morgan fingerprint density at radius 2 is 2.22 bits per heavy atom. The number of ether oxygens (including phenoxy) is 1. The molecule has 0 aliphatic carbocycles. The number of fused-ring (bicyclic) bond motifs is 1. The number of aromatic amines is 1. The molecular formula is C14H16ClNO2. The summed E-state index contributed by atoms with van der Waals surface area (Å²) in [5, 5.41) is 0.848. The van der Waals surface area contributed by atoms with Crippen molar-refractivity contribution in [2.75, 3.05) is 5.88 Å².